The Hall–Kier alpha value is -2.74. The maximum Gasteiger partial charge on any atom is 0.296 e. The van der Waals surface area contributed by atoms with Crippen molar-refractivity contribution in [2.45, 2.75) is 26.5 Å². The van der Waals surface area contributed by atoms with E-state index in [4.69, 9.17) is 9.26 Å². The number of nitrogens with zero attached hydrogens (tertiary/aromatic N) is 3. The van der Waals surface area contributed by atoms with Gasteiger partial charge in [-0.25, -0.2) is 9.07 Å². The van der Waals surface area contributed by atoms with Gasteiger partial charge < -0.3 is 14.4 Å². The molecule has 0 saturated carbocycles. The number of aryl methyl sites for hydroxylation is 2. The number of ether oxygens (including phenoxy) is 1. The number of fused-ring (bicyclic) bond motifs is 1. The van der Waals surface area contributed by atoms with Gasteiger partial charge in [-0.2, -0.15) is 5.10 Å². The molecule has 0 aliphatic heterocycles. The molecule has 0 amide bonds. The molecule has 7 nitrogen and oxygen atoms in total. The Labute approximate surface area is 136 Å². The highest BCUT2D eigenvalue weighted by atomic mass is 19.1. The summed E-state index contributed by atoms with van der Waals surface area (Å²) in [6.07, 6.45) is -1.11. The first-order chi connectivity index (χ1) is 11.4. The number of rotatable bonds is 4. The van der Waals surface area contributed by atoms with Crippen molar-refractivity contribution in [2.75, 3.05) is 7.11 Å². The van der Waals surface area contributed by atoms with Crippen LogP contribution in [0.4, 0.5) is 4.39 Å². The van der Waals surface area contributed by atoms with Gasteiger partial charge in [-0.05, 0) is 31.5 Å². The SMILES string of the molecule is COc1ccc(C(O)Cn2nc(C)c3c(C)onc3c2=O)cc1F. The van der Waals surface area contributed by atoms with Crippen LogP contribution >= 0.6 is 0 Å². The van der Waals surface area contributed by atoms with Crippen molar-refractivity contribution in [1.29, 1.82) is 0 Å². The monoisotopic (exact) mass is 333 g/mol. The number of methoxy groups -OCH3 is 1. The molecule has 0 radical (unpaired) electrons. The zero-order valence-corrected chi connectivity index (χ0v) is 13.4. The van der Waals surface area contributed by atoms with Gasteiger partial charge in [0.15, 0.2) is 17.1 Å². The summed E-state index contributed by atoms with van der Waals surface area (Å²) >= 11 is 0. The fourth-order valence-electron chi connectivity index (χ4n) is 2.63. The third kappa shape index (κ3) is 2.65. The Balaban J connectivity index is 1.96. The molecule has 1 unspecified atom stereocenters. The van der Waals surface area contributed by atoms with Crippen LogP contribution in [0.15, 0.2) is 27.5 Å². The number of benzene rings is 1. The van der Waals surface area contributed by atoms with Gasteiger partial charge >= 0.3 is 0 Å². The molecule has 3 aromatic rings. The molecule has 0 bridgehead atoms. The van der Waals surface area contributed by atoms with E-state index in [1.807, 2.05) is 0 Å². The molecule has 2 aromatic heterocycles. The molecule has 0 fully saturated rings. The number of aliphatic hydroxyl groups is 1. The van der Waals surface area contributed by atoms with Gasteiger partial charge in [-0.15, -0.1) is 0 Å². The summed E-state index contributed by atoms with van der Waals surface area (Å²) in [7, 11) is 1.36. The normalized spacial score (nSPS) is 12.5. The maximum absolute atomic E-state index is 13.8. The number of aromatic nitrogens is 3. The van der Waals surface area contributed by atoms with Crippen LogP contribution < -0.4 is 10.3 Å². The topological polar surface area (TPSA) is 90.4 Å². The zero-order valence-electron chi connectivity index (χ0n) is 13.4. The molecule has 1 aromatic carbocycles. The Bertz CT molecular complexity index is 964. The summed E-state index contributed by atoms with van der Waals surface area (Å²) in [4.78, 5) is 12.4. The van der Waals surface area contributed by atoms with Gasteiger partial charge in [0.25, 0.3) is 5.56 Å². The minimum atomic E-state index is -1.11. The quantitative estimate of drug-likeness (QED) is 0.784. The first-order valence-corrected chi connectivity index (χ1v) is 7.27. The largest absolute Gasteiger partial charge is 0.494 e. The molecule has 0 saturated heterocycles. The first kappa shape index (κ1) is 16.1. The lowest BCUT2D eigenvalue weighted by molar-refractivity contribution is 0.149. The summed E-state index contributed by atoms with van der Waals surface area (Å²) in [5, 5.41) is 18.8. The molecule has 24 heavy (non-hydrogen) atoms. The summed E-state index contributed by atoms with van der Waals surface area (Å²) in [6.45, 7) is 3.29. The predicted molar refractivity (Wildman–Crippen MR) is 83.4 cm³/mol. The second kappa shape index (κ2) is 6.04. The van der Waals surface area contributed by atoms with Crippen molar-refractivity contribution in [3.8, 4) is 5.75 Å². The van der Waals surface area contributed by atoms with Gasteiger partial charge in [0.2, 0.25) is 0 Å². The minimum absolute atomic E-state index is 0.0802. The van der Waals surface area contributed by atoms with E-state index in [1.165, 1.54) is 25.3 Å². The van der Waals surface area contributed by atoms with Crippen LogP contribution in [0.3, 0.4) is 0 Å². The van der Waals surface area contributed by atoms with Gasteiger partial charge in [-0.3, -0.25) is 4.79 Å². The lowest BCUT2D eigenvalue weighted by Gasteiger charge is -2.13. The first-order valence-electron chi connectivity index (χ1n) is 7.27. The predicted octanol–water partition coefficient (Wildman–Crippen LogP) is 1.88. The standard InChI is InChI=1S/C16H16FN3O4/c1-8-14-9(2)24-19-15(14)16(22)20(18-8)7-12(21)10-4-5-13(23-3)11(17)6-10/h4-6,12,21H,7H2,1-3H3. The van der Waals surface area contributed by atoms with Crippen molar-refractivity contribution >= 4 is 10.9 Å². The number of hydrogen-bond donors (Lipinski definition) is 1. The minimum Gasteiger partial charge on any atom is -0.494 e. The van der Waals surface area contributed by atoms with Crippen LogP contribution in [0.25, 0.3) is 10.9 Å². The third-order valence-electron chi connectivity index (χ3n) is 3.84. The van der Waals surface area contributed by atoms with Gasteiger partial charge in [0.05, 0.1) is 30.8 Å². The van der Waals surface area contributed by atoms with Crippen molar-refractivity contribution in [1.82, 2.24) is 14.9 Å². The summed E-state index contributed by atoms with van der Waals surface area (Å²) in [6, 6.07) is 4.11. The Morgan fingerprint density at radius 3 is 2.83 bits per heavy atom. The second-order valence-corrected chi connectivity index (χ2v) is 5.44. The molecule has 3 rings (SSSR count). The average Bonchev–Trinajstić information content (AvgIpc) is 2.94. The van der Waals surface area contributed by atoms with Crippen molar-refractivity contribution in [2.24, 2.45) is 0 Å². The van der Waals surface area contributed by atoms with Crippen LogP contribution in [0, 0.1) is 19.7 Å². The average molecular weight is 333 g/mol. The van der Waals surface area contributed by atoms with Gasteiger partial charge in [-0.1, -0.05) is 11.2 Å². The highest BCUT2D eigenvalue weighted by Gasteiger charge is 2.18. The Kier molecular flexibility index (Phi) is 4.06. The van der Waals surface area contributed by atoms with E-state index in [1.54, 1.807) is 13.8 Å². The van der Waals surface area contributed by atoms with Crippen LogP contribution in [0.2, 0.25) is 0 Å². The lowest BCUT2D eigenvalue weighted by atomic mass is 10.1. The van der Waals surface area contributed by atoms with Gasteiger partial charge in [0, 0.05) is 0 Å². The highest BCUT2D eigenvalue weighted by Crippen LogP contribution is 2.23. The Morgan fingerprint density at radius 1 is 1.42 bits per heavy atom. The zero-order chi connectivity index (χ0) is 17.4. The fraction of sp³-hybridized carbons (Fsp3) is 0.312. The van der Waals surface area contributed by atoms with Crippen molar-refractivity contribution < 1.29 is 18.8 Å². The second-order valence-electron chi connectivity index (χ2n) is 5.44. The lowest BCUT2D eigenvalue weighted by Crippen LogP contribution is -2.27. The summed E-state index contributed by atoms with van der Waals surface area (Å²) < 4.78 is 24.7. The van der Waals surface area contributed by atoms with E-state index in [0.29, 0.717) is 22.4 Å². The van der Waals surface area contributed by atoms with Crippen LogP contribution in [-0.4, -0.2) is 27.2 Å². The number of hydrogen-bond acceptors (Lipinski definition) is 6. The van der Waals surface area contributed by atoms with E-state index in [0.717, 1.165) is 4.68 Å². The third-order valence-corrected chi connectivity index (χ3v) is 3.84. The van der Waals surface area contributed by atoms with Crippen LogP contribution in [-0.2, 0) is 6.54 Å². The van der Waals surface area contributed by atoms with Crippen LogP contribution in [0.5, 0.6) is 5.75 Å². The summed E-state index contributed by atoms with van der Waals surface area (Å²) in [5.74, 6) is 0.00159. The number of aliphatic hydroxyl groups excluding tert-OH is 1. The maximum atomic E-state index is 13.8. The number of halogens is 1. The van der Waals surface area contributed by atoms with E-state index in [2.05, 4.69) is 10.3 Å². The molecule has 126 valence electrons. The Morgan fingerprint density at radius 2 is 2.17 bits per heavy atom. The molecule has 0 aliphatic carbocycles. The van der Waals surface area contributed by atoms with E-state index >= 15 is 0 Å². The van der Waals surface area contributed by atoms with E-state index < -0.39 is 17.5 Å². The highest BCUT2D eigenvalue weighted by molar-refractivity contribution is 5.81. The molecule has 1 N–H and O–H groups in total. The van der Waals surface area contributed by atoms with Crippen molar-refractivity contribution in [3.63, 3.8) is 0 Å². The molecule has 0 aliphatic rings. The molecule has 2 heterocycles. The van der Waals surface area contributed by atoms with Gasteiger partial charge in [0.1, 0.15) is 5.76 Å². The molecule has 1 atom stereocenters. The van der Waals surface area contributed by atoms with E-state index in [9.17, 15) is 14.3 Å². The van der Waals surface area contributed by atoms with E-state index in [-0.39, 0.29) is 17.8 Å². The van der Waals surface area contributed by atoms with Crippen LogP contribution in [0.1, 0.15) is 23.1 Å². The smallest absolute Gasteiger partial charge is 0.296 e. The molecular formula is C16H16FN3O4. The summed E-state index contributed by atoms with van der Waals surface area (Å²) in [5.41, 5.74) is 0.570. The molecular weight excluding hydrogens is 317 g/mol. The van der Waals surface area contributed by atoms with Crippen molar-refractivity contribution in [3.05, 3.63) is 51.4 Å². The molecule has 0 spiro atoms. The molecule has 8 heteroatoms. The fourth-order valence-corrected chi connectivity index (χ4v) is 2.63.